The molecule has 2 heterocycles. The number of ether oxygens (including phenoxy) is 1. The maximum absolute atomic E-state index is 12.9. The van der Waals surface area contributed by atoms with Gasteiger partial charge in [0.05, 0.1) is 36.9 Å². The molecule has 6 nitrogen and oxygen atoms in total. The van der Waals surface area contributed by atoms with Crippen molar-refractivity contribution >= 4 is 51.2 Å². The van der Waals surface area contributed by atoms with Crippen LogP contribution in [-0.4, -0.2) is 22.1 Å². The Morgan fingerprint density at radius 1 is 0.903 bits per heavy atom. The zero-order valence-corrected chi connectivity index (χ0v) is 17.7. The number of carbonyl (C=O) groups excluding carboxylic acids is 2. The summed E-state index contributed by atoms with van der Waals surface area (Å²) in [5.41, 5.74) is 2.51. The summed E-state index contributed by atoms with van der Waals surface area (Å²) in [6.45, 7) is 0.248. The van der Waals surface area contributed by atoms with Gasteiger partial charge in [0.2, 0.25) is 0 Å². The number of nitrogens with one attached hydrogen (secondary N) is 1. The summed E-state index contributed by atoms with van der Waals surface area (Å²) in [5.74, 6) is 0.276. The summed E-state index contributed by atoms with van der Waals surface area (Å²) in [7, 11) is -1.23. The van der Waals surface area contributed by atoms with E-state index < -0.39 is 10.8 Å². The number of carbonyl (C=O) groups is 2. The Morgan fingerprint density at radius 2 is 1.52 bits per heavy atom. The van der Waals surface area contributed by atoms with Crippen LogP contribution < -0.4 is 15.0 Å². The van der Waals surface area contributed by atoms with Gasteiger partial charge in [0, 0.05) is 0 Å². The molecule has 1 saturated heterocycles. The smallest absolute Gasteiger partial charge is 0.290 e. The average molecular weight is 449 g/mol. The number of nitrogens with zero attached hydrogens (tertiary/aromatic N) is 1. The number of rotatable bonds is 4. The molecule has 0 aromatic heterocycles. The molecule has 0 aliphatic carbocycles. The number of benzene rings is 3. The lowest BCUT2D eigenvalue weighted by Gasteiger charge is -2.32. The van der Waals surface area contributed by atoms with Gasteiger partial charge in [0.1, 0.15) is 5.75 Å². The lowest BCUT2D eigenvalue weighted by molar-refractivity contribution is -0.115. The first kappa shape index (κ1) is 19.6. The topological polar surface area (TPSA) is 75.7 Å². The molecular formula is C23H16N2O4S2. The van der Waals surface area contributed by atoms with Crippen LogP contribution in [0.25, 0.3) is 6.08 Å². The zero-order chi connectivity index (χ0) is 21.4. The van der Waals surface area contributed by atoms with Gasteiger partial charge in [-0.05, 0) is 59.8 Å². The monoisotopic (exact) mass is 448 g/mol. The van der Waals surface area contributed by atoms with Crippen LogP contribution in [-0.2, 0) is 15.6 Å². The van der Waals surface area contributed by atoms with Gasteiger partial charge in [0.25, 0.3) is 11.1 Å². The van der Waals surface area contributed by atoms with Crippen molar-refractivity contribution in [1.29, 1.82) is 0 Å². The number of hydrogen-bond donors (Lipinski definition) is 1. The molecule has 3 aromatic carbocycles. The van der Waals surface area contributed by atoms with E-state index in [0.717, 1.165) is 38.5 Å². The van der Waals surface area contributed by atoms with Gasteiger partial charge in [-0.3, -0.25) is 14.9 Å². The molecule has 0 atom stereocenters. The summed E-state index contributed by atoms with van der Waals surface area (Å²) in [4.78, 5) is 26.9. The highest BCUT2D eigenvalue weighted by atomic mass is 32.2. The van der Waals surface area contributed by atoms with E-state index in [2.05, 4.69) is 5.32 Å². The standard InChI is InChI=1S/C23H16N2O4S2/c26-22-19(30-23(27)24-22)13-15-9-11-16(12-10-15)29-14-25-17-5-1-3-7-20(17)31(28)21-8-4-2-6-18(21)25/h1-13H,14H2,(H,24,26,27). The van der Waals surface area contributed by atoms with Gasteiger partial charge in [-0.25, -0.2) is 4.21 Å². The predicted molar refractivity (Wildman–Crippen MR) is 121 cm³/mol. The van der Waals surface area contributed by atoms with Gasteiger partial charge in [0.15, 0.2) is 6.73 Å². The molecule has 0 unspecified atom stereocenters. The predicted octanol–water partition coefficient (Wildman–Crippen LogP) is 4.67. The molecule has 31 heavy (non-hydrogen) atoms. The van der Waals surface area contributed by atoms with Crippen molar-refractivity contribution in [2.24, 2.45) is 0 Å². The second kappa shape index (κ2) is 8.05. The highest BCUT2D eigenvalue weighted by Gasteiger charge is 2.28. The van der Waals surface area contributed by atoms with E-state index in [4.69, 9.17) is 4.74 Å². The van der Waals surface area contributed by atoms with Crippen molar-refractivity contribution in [2.45, 2.75) is 9.79 Å². The summed E-state index contributed by atoms with van der Waals surface area (Å²) in [5, 5.41) is 1.88. The molecule has 0 spiro atoms. The Hall–Kier alpha value is -3.36. The zero-order valence-electron chi connectivity index (χ0n) is 16.1. The van der Waals surface area contributed by atoms with Crippen molar-refractivity contribution in [3.8, 4) is 5.75 Å². The van der Waals surface area contributed by atoms with Crippen molar-refractivity contribution in [2.75, 3.05) is 11.6 Å². The maximum atomic E-state index is 12.9. The van der Waals surface area contributed by atoms with Crippen LogP contribution in [0.4, 0.5) is 16.2 Å². The van der Waals surface area contributed by atoms with Crippen molar-refractivity contribution in [1.82, 2.24) is 5.32 Å². The molecule has 2 aliphatic rings. The van der Waals surface area contributed by atoms with Crippen molar-refractivity contribution in [3.05, 3.63) is 83.3 Å². The lowest BCUT2D eigenvalue weighted by Crippen LogP contribution is -2.28. The van der Waals surface area contributed by atoms with Crippen LogP contribution in [0.15, 0.2) is 87.5 Å². The van der Waals surface area contributed by atoms with E-state index in [1.54, 1.807) is 6.08 Å². The summed E-state index contributed by atoms with van der Waals surface area (Å²) >= 11 is 0.888. The minimum atomic E-state index is -1.23. The van der Waals surface area contributed by atoms with Crippen LogP contribution >= 0.6 is 11.8 Å². The molecule has 3 aromatic rings. The minimum Gasteiger partial charge on any atom is -0.473 e. The molecule has 0 radical (unpaired) electrons. The number of fused-ring (bicyclic) bond motifs is 2. The van der Waals surface area contributed by atoms with Crippen LogP contribution in [0.1, 0.15) is 5.56 Å². The SMILES string of the molecule is O=C1NC(=O)C(=Cc2ccc(OCN3c4ccccc4S(=O)c4ccccc43)cc2)S1. The van der Waals surface area contributed by atoms with Gasteiger partial charge >= 0.3 is 0 Å². The average Bonchev–Trinajstić information content (AvgIpc) is 3.11. The number of imide groups is 1. The first-order valence-corrected chi connectivity index (χ1v) is 11.4. The normalized spacial score (nSPS) is 16.8. The van der Waals surface area contributed by atoms with E-state index in [0.29, 0.717) is 10.7 Å². The number of para-hydroxylation sites is 2. The minimum absolute atomic E-state index is 0.248. The quantitative estimate of drug-likeness (QED) is 0.585. The Balaban J connectivity index is 1.36. The first-order chi connectivity index (χ1) is 15.1. The van der Waals surface area contributed by atoms with Gasteiger partial charge in [-0.2, -0.15) is 0 Å². The van der Waals surface area contributed by atoms with E-state index in [1.165, 1.54) is 0 Å². The fourth-order valence-corrected chi connectivity index (χ4v) is 5.49. The highest BCUT2D eigenvalue weighted by molar-refractivity contribution is 8.18. The summed E-state index contributed by atoms with van der Waals surface area (Å²) in [6, 6.07) is 22.5. The van der Waals surface area contributed by atoms with Crippen LogP contribution in [0.5, 0.6) is 5.75 Å². The summed E-state index contributed by atoms with van der Waals surface area (Å²) in [6.07, 6.45) is 1.67. The second-order valence-corrected chi connectivity index (χ2v) is 9.26. The molecular weight excluding hydrogens is 432 g/mol. The fourth-order valence-electron chi connectivity index (χ4n) is 3.43. The third-order valence-electron chi connectivity index (χ3n) is 4.89. The Kier molecular flexibility index (Phi) is 5.09. The highest BCUT2D eigenvalue weighted by Crippen LogP contribution is 2.41. The van der Waals surface area contributed by atoms with Crippen molar-refractivity contribution in [3.63, 3.8) is 0 Å². The van der Waals surface area contributed by atoms with Gasteiger partial charge < -0.3 is 9.64 Å². The second-order valence-electron chi connectivity index (χ2n) is 6.83. The van der Waals surface area contributed by atoms with Crippen molar-refractivity contribution < 1.29 is 18.5 Å². The molecule has 1 fully saturated rings. The number of thioether (sulfide) groups is 1. The lowest BCUT2D eigenvalue weighted by atomic mass is 10.2. The van der Waals surface area contributed by atoms with Gasteiger partial charge in [-0.15, -0.1) is 0 Å². The molecule has 2 aliphatic heterocycles. The fraction of sp³-hybridized carbons (Fsp3) is 0.0435. The number of hydrogen-bond acceptors (Lipinski definition) is 6. The van der Waals surface area contributed by atoms with Crippen LogP contribution in [0.2, 0.25) is 0 Å². The molecule has 1 N–H and O–H groups in total. The van der Waals surface area contributed by atoms with E-state index in [9.17, 15) is 13.8 Å². The number of amides is 2. The molecule has 8 heteroatoms. The van der Waals surface area contributed by atoms with E-state index >= 15 is 0 Å². The van der Waals surface area contributed by atoms with Crippen LogP contribution in [0.3, 0.4) is 0 Å². The number of anilines is 2. The molecule has 2 amide bonds. The molecule has 5 rings (SSSR count). The molecule has 0 saturated carbocycles. The van der Waals surface area contributed by atoms with E-state index in [1.807, 2.05) is 77.7 Å². The van der Waals surface area contributed by atoms with Crippen LogP contribution in [0, 0.1) is 0 Å². The third kappa shape index (κ3) is 3.75. The Morgan fingerprint density at radius 3 is 2.10 bits per heavy atom. The Bertz CT molecular complexity index is 1200. The maximum Gasteiger partial charge on any atom is 0.290 e. The van der Waals surface area contributed by atoms with E-state index in [-0.39, 0.29) is 17.9 Å². The third-order valence-corrected chi connectivity index (χ3v) is 7.19. The summed E-state index contributed by atoms with van der Waals surface area (Å²) < 4.78 is 19.0. The Labute approximate surface area is 185 Å². The first-order valence-electron chi connectivity index (χ1n) is 9.45. The van der Waals surface area contributed by atoms with Gasteiger partial charge in [-0.1, -0.05) is 36.4 Å². The molecule has 0 bridgehead atoms. The molecule has 154 valence electrons. The largest absolute Gasteiger partial charge is 0.473 e.